The average molecular weight is 384 g/mol. The van der Waals surface area contributed by atoms with E-state index in [1.54, 1.807) is 4.90 Å². The van der Waals surface area contributed by atoms with Crippen LogP contribution in [0.2, 0.25) is 0 Å². The van der Waals surface area contributed by atoms with Gasteiger partial charge in [0.15, 0.2) is 0 Å². The second kappa shape index (κ2) is 9.48. The first-order chi connectivity index (χ1) is 10.9. The highest BCUT2D eigenvalue weighted by Gasteiger charge is 2.33. The van der Waals surface area contributed by atoms with E-state index >= 15 is 0 Å². The summed E-state index contributed by atoms with van der Waals surface area (Å²) in [5, 5.41) is 3.01. The normalized spacial score (nSPS) is 15.9. The largest absolute Gasteiger partial charge is 0.447 e. The first-order valence-electron chi connectivity index (χ1n) is 7.61. The van der Waals surface area contributed by atoms with Crippen LogP contribution in [0.1, 0.15) is 30.1 Å². The van der Waals surface area contributed by atoms with Gasteiger partial charge in [-0.3, -0.25) is 4.79 Å². The van der Waals surface area contributed by atoms with Gasteiger partial charge in [-0.05, 0) is 44.0 Å². The van der Waals surface area contributed by atoms with Crippen LogP contribution in [-0.4, -0.2) is 47.5 Å². The number of rotatable bonds is 5. The summed E-state index contributed by atoms with van der Waals surface area (Å²) in [7, 11) is 0. The van der Waals surface area contributed by atoms with Crippen LogP contribution in [0.15, 0.2) is 23.4 Å². The Balaban J connectivity index is 0.00000288. The van der Waals surface area contributed by atoms with Gasteiger partial charge in [-0.25, -0.2) is 4.98 Å². The van der Waals surface area contributed by atoms with E-state index in [0.717, 1.165) is 25.9 Å². The Hall–Kier alpha value is -0.990. The zero-order chi connectivity index (χ0) is 16.9. The van der Waals surface area contributed by atoms with Gasteiger partial charge >= 0.3 is 5.51 Å². The molecule has 0 spiro atoms. The van der Waals surface area contributed by atoms with Crippen LogP contribution >= 0.6 is 24.2 Å². The van der Waals surface area contributed by atoms with Crippen molar-refractivity contribution in [2.24, 2.45) is 5.92 Å². The Labute approximate surface area is 150 Å². The fourth-order valence-corrected chi connectivity index (χ4v) is 3.20. The summed E-state index contributed by atoms with van der Waals surface area (Å²) in [6.45, 7) is 5.01. The number of nitrogens with one attached hydrogen (secondary N) is 1. The Bertz CT molecular complexity index is 537. The molecule has 0 unspecified atom stereocenters. The van der Waals surface area contributed by atoms with Crippen LogP contribution in [-0.2, 0) is 0 Å². The van der Waals surface area contributed by atoms with Crippen LogP contribution in [0.25, 0.3) is 0 Å². The van der Waals surface area contributed by atoms with Gasteiger partial charge in [0, 0.05) is 31.0 Å². The molecule has 1 fully saturated rings. The van der Waals surface area contributed by atoms with Crippen LogP contribution in [0.5, 0.6) is 0 Å². The molecular formula is C15H21ClF3N3OS. The van der Waals surface area contributed by atoms with Crippen LogP contribution < -0.4 is 5.32 Å². The lowest BCUT2D eigenvalue weighted by atomic mass is 9.96. The molecule has 24 heavy (non-hydrogen) atoms. The maximum Gasteiger partial charge on any atom is 0.447 e. The van der Waals surface area contributed by atoms with Gasteiger partial charge in [0.1, 0.15) is 5.03 Å². The molecule has 0 aromatic carbocycles. The third-order valence-electron chi connectivity index (χ3n) is 3.80. The first-order valence-corrected chi connectivity index (χ1v) is 8.43. The smallest absolute Gasteiger partial charge is 0.339 e. The monoisotopic (exact) mass is 383 g/mol. The van der Waals surface area contributed by atoms with Crippen molar-refractivity contribution in [3.63, 3.8) is 0 Å². The van der Waals surface area contributed by atoms with Gasteiger partial charge in [0.2, 0.25) is 0 Å². The zero-order valence-electron chi connectivity index (χ0n) is 13.3. The van der Waals surface area contributed by atoms with Crippen LogP contribution in [0.4, 0.5) is 13.2 Å². The maximum absolute atomic E-state index is 12.6. The molecule has 0 atom stereocenters. The van der Waals surface area contributed by atoms with Gasteiger partial charge in [-0.15, -0.1) is 12.4 Å². The minimum Gasteiger partial charge on any atom is -0.339 e. The van der Waals surface area contributed by atoms with Crippen LogP contribution in [0, 0.1) is 5.92 Å². The summed E-state index contributed by atoms with van der Waals surface area (Å²) in [6.07, 6.45) is 3.00. The molecule has 1 N–H and O–H groups in total. The fourth-order valence-electron chi connectivity index (χ4n) is 2.60. The summed E-state index contributed by atoms with van der Waals surface area (Å²) >= 11 is -0.337. The predicted octanol–water partition coefficient (Wildman–Crippen LogP) is 3.58. The second-order valence-electron chi connectivity index (χ2n) is 5.45. The quantitative estimate of drug-likeness (QED) is 0.789. The number of aromatic nitrogens is 1. The number of piperidine rings is 1. The number of likely N-dealkylation sites (tertiary alicyclic amines) is 1. The number of thioether (sulfide) groups is 1. The zero-order valence-corrected chi connectivity index (χ0v) is 14.9. The molecule has 136 valence electrons. The summed E-state index contributed by atoms with van der Waals surface area (Å²) in [5.41, 5.74) is -4.43. The highest BCUT2D eigenvalue weighted by Crippen LogP contribution is 2.37. The molecule has 0 saturated carbocycles. The van der Waals surface area contributed by atoms with Crippen molar-refractivity contribution in [3.05, 3.63) is 23.9 Å². The number of halogens is 4. The third-order valence-corrected chi connectivity index (χ3v) is 4.55. The highest BCUT2D eigenvalue weighted by molar-refractivity contribution is 8.00. The number of carbonyl (C=O) groups excluding carboxylic acids is 1. The molecule has 1 aliphatic rings. The van der Waals surface area contributed by atoms with Crippen molar-refractivity contribution < 1.29 is 18.0 Å². The van der Waals surface area contributed by atoms with Gasteiger partial charge in [0.05, 0.1) is 5.56 Å². The molecular weight excluding hydrogens is 363 g/mol. The van der Waals surface area contributed by atoms with E-state index in [0.29, 0.717) is 19.0 Å². The van der Waals surface area contributed by atoms with Crippen molar-refractivity contribution in [2.45, 2.75) is 30.3 Å². The van der Waals surface area contributed by atoms with E-state index in [1.807, 2.05) is 6.92 Å². The van der Waals surface area contributed by atoms with Gasteiger partial charge in [0.25, 0.3) is 5.91 Å². The van der Waals surface area contributed by atoms with E-state index in [-0.39, 0.29) is 40.7 Å². The van der Waals surface area contributed by atoms with Crippen molar-refractivity contribution in [1.82, 2.24) is 15.2 Å². The summed E-state index contributed by atoms with van der Waals surface area (Å²) in [5.74, 6) is 0.142. The van der Waals surface area contributed by atoms with E-state index in [4.69, 9.17) is 0 Å². The van der Waals surface area contributed by atoms with E-state index in [1.165, 1.54) is 18.3 Å². The lowest BCUT2D eigenvalue weighted by Gasteiger charge is -2.32. The van der Waals surface area contributed by atoms with E-state index in [9.17, 15) is 18.0 Å². The van der Waals surface area contributed by atoms with Gasteiger partial charge < -0.3 is 10.2 Å². The lowest BCUT2D eigenvalue weighted by Crippen LogP contribution is -2.41. The minimum absolute atomic E-state index is 0. The predicted molar refractivity (Wildman–Crippen MR) is 90.6 cm³/mol. The van der Waals surface area contributed by atoms with Crippen molar-refractivity contribution in [3.8, 4) is 0 Å². The molecule has 4 nitrogen and oxygen atoms in total. The number of hydrogen-bond acceptors (Lipinski definition) is 4. The number of pyridine rings is 1. The highest BCUT2D eigenvalue weighted by atomic mass is 35.5. The van der Waals surface area contributed by atoms with Gasteiger partial charge in [-0.2, -0.15) is 13.2 Å². The van der Waals surface area contributed by atoms with Crippen molar-refractivity contribution in [1.29, 1.82) is 0 Å². The standard InChI is InChI=1S/C15H20F3N3OS.ClH/c1-2-19-10-11-5-8-21(9-6-11)14(22)12-4-3-7-20-13(12)23-15(16,17)18;/h3-4,7,11,19H,2,5-6,8-10H2,1H3;1H. The molecule has 1 aromatic rings. The molecule has 0 radical (unpaired) electrons. The molecule has 2 rings (SSSR count). The maximum atomic E-state index is 12.6. The number of amides is 1. The van der Waals surface area contributed by atoms with Crippen molar-refractivity contribution >= 4 is 30.1 Å². The number of nitrogens with zero attached hydrogens (tertiary/aromatic N) is 2. The Morgan fingerprint density at radius 1 is 1.42 bits per heavy atom. The molecule has 2 heterocycles. The number of carbonyl (C=O) groups is 1. The molecule has 1 aromatic heterocycles. The SMILES string of the molecule is CCNCC1CCN(C(=O)c2cccnc2SC(F)(F)F)CC1.Cl. The Morgan fingerprint density at radius 2 is 2.08 bits per heavy atom. The third kappa shape index (κ3) is 6.14. The first kappa shape index (κ1) is 21.1. The lowest BCUT2D eigenvalue weighted by molar-refractivity contribution is -0.0329. The Morgan fingerprint density at radius 3 is 2.67 bits per heavy atom. The molecule has 9 heteroatoms. The summed E-state index contributed by atoms with van der Waals surface area (Å²) in [6, 6.07) is 2.90. The molecule has 1 aliphatic heterocycles. The minimum atomic E-state index is -4.46. The topological polar surface area (TPSA) is 45.2 Å². The second-order valence-corrected chi connectivity index (χ2v) is 6.50. The number of hydrogen-bond donors (Lipinski definition) is 1. The Kier molecular flexibility index (Phi) is 8.32. The van der Waals surface area contributed by atoms with E-state index < -0.39 is 5.51 Å². The summed E-state index contributed by atoms with van der Waals surface area (Å²) < 4.78 is 37.8. The molecule has 1 saturated heterocycles. The molecule has 1 amide bonds. The van der Waals surface area contributed by atoms with E-state index in [2.05, 4.69) is 10.3 Å². The fraction of sp³-hybridized carbons (Fsp3) is 0.600. The average Bonchev–Trinajstić information content (AvgIpc) is 2.52. The summed E-state index contributed by atoms with van der Waals surface area (Å²) in [4.78, 5) is 17.9. The molecule has 0 aliphatic carbocycles. The van der Waals surface area contributed by atoms with Gasteiger partial charge in [-0.1, -0.05) is 6.92 Å². The number of alkyl halides is 3. The van der Waals surface area contributed by atoms with Crippen LogP contribution in [0.3, 0.4) is 0 Å². The van der Waals surface area contributed by atoms with Crippen molar-refractivity contribution in [2.75, 3.05) is 26.2 Å². The molecule has 0 bridgehead atoms.